The van der Waals surface area contributed by atoms with E-state index < -0.39 is 0 Å². The summed E-state index contributed by atoms with van der Waals surface area (Å²) in [6.45, 7) is 6.00. The number of pyridine rings is 1. The highest BCUT2D eigenvalue weighted by Gasteiger charge is 2.01. The van der Waals surface area contributed by atoms with Crippen molar-refractivity contribution in [3.05, 3.63) is 35.8 Å². The largest absolute Gasteiger partial charge is 0.311 e. The van der Waals surface area contributed by atoms with Gasteiger partial charge in [-0.15, -0.1) is 0 Å². The minimum atomic E-state index is 0.845. The number of fused-ring (bicyclic) bond motifs is 1. The highest BCUT2D eigenvalue weighted by atomic mass is 15.0. The molecule has 3 heteroatoms. The summed E-state index contributed by atoms with van der Waals surface area (Å²) in [5.41, 5.74) is 3.37. The van der Waals surface area contributed by atoms with Gasteiger partial charge in [0.15, 0.2) is 0 Å². The van der Waals surface area contributed by atoms with Crippen molar-refractivity contribution in [2.45, 2.75) is 20.4 Å². The van der Waals surface area contributed by atoms with Crippen LogP contribution in [0.4, 0.5) is 0 Å². The molecule has 2 heterocycles. The van der Waals surface area contributed by atoms with Gasteiger partial charge in [0.2, 0.25) is 0 Å². The molecule has 14 heavy (non-hydrogen) atoms. The summed E-state index contributed by atoms with van der Waals surface area (Å²) in [4.78, 5) is 4.55. The Kier molecular flexibility index (Phi) is 2.50. The molecule has 0 saturated heterocycles. The number of nitrogens with zero attached hydrogens (tertiary/aromatic N) is 2. The Morgan fingerprint density at radius 2 is 2.36 bits per heavy atom. The van der Waals surface area contributed by atoms with E-state index in [0.29, 0.717) is 0 Å². The third kappa shape index (κ3) is 1.63. The molecular weight excluding hydrogens is 174 g/mol. The Bertz CT molecular complexity index is 431. The lowest BCUT2D eigenvalue weighted by Crippen LogP contribution is -2.11. The van der Waals surface area contributed by atoms with Crippen molar-refractivity contribution in [2.24, 2.45) is 0 Å². The highest BCUT2D eigenvalue weighted by molar-refractivity contribution is 5.47. The molecule has 3 nitrogen and oxygen atoms in total. The molecule has 0 atom stereocenters. The van der Waals surface area contributed by atoms with Gasteiger partial charge in [0.05, 0.1) is 5.69 Å². The zero-order chi connectivity index (χ0) is 9.97. The summed E-state index contributed by atoms with van der Waals surface area (Å²) in [5, 5.41) is 3.27. The van der Waals surface area contributed by atoms with Crippen LogP contribution in [0.15, 0.2) is 24.5 Å². The predicted octanol–water partition coefficient (Wildman–Crippen LogP) is 1.75. The lowest BCUT2D eigenvalue weighted by atomic mass is 10.3. The van der Waals surface area contributed by atoms with Crippen LogP contribution in [0, 0.1) is 6.92 Å². The lowest BCUT2D eigenvalue weighted by molar-refractivity contribution is 0.714. The molecule has 0 unspecified atom stereocenters. The third-order valence-corrected chi connectivity index (χ3v) is 2.28. The summed E-state index contributed by atoms with van der Waals surface area (Å²) in [7, 11) is 0. The Hall–Kier alpha value is -1.35. The number of nitrogens with one attached hydrogen (secondary N) is 1. The summed E-state index contributed by atoms with van der Waals surface area (Å²) >= 11 is 0. The topological polar surface area (TPSA) is 29.3 Å². The number of hydrogen-bond acceptors (Lipinski definition) is 2. The maximum atomic E-state index is 4.55. The van der Waals surface area contributed by atoms with Gasteiger partial charge in [0.25, 0.3) is 0 Å². The minimum Gasteiger partial charge on any atom is -0.311 e. The number of imidazole rings is 1. The van der Waals surface area contributed by atoms with Crippen molar-refractivity contribution in [1.29, 1.82) is 0 Å². The van der Waals surface area contributed by atoms with Gasteiger partial charge in [-0.2, -0.15) is 0 Å². The van der Waals surface area contributed by atoms with Crippen LogP contribution >= 0.6 is 0 Å². The predicted molar refractivity (Wildman–Crippen MR) is 57.3 cm³/mol. The van der Waals surface area contributed by atoms with E-state index >= 15 is 0 Å². The molecule has 0 saturated carbocycles. The molecule has 0 amide bonds. The fourth-order valence-electron chi connectivity index (χ4n) is 1.54. The van der Waals surface area contributed by atoms with E-state index in [9.17, 15) is 0 Å². The van der Waals surface area contributed by atoms with Crippen LogP contribution in [-0.4, -0.2) is 15.9 Å². The van der Waals surface area contributed by atoms with Gasteiger partial charge < -0.3 is 9.72 Å². The number of aryl methyl sites for hydroxylation is 1. The van der Waals surface area contributed by atoms with Gasteiger partial charge in [0, 0.05) is 18.9 Å². The van der Waals surface area contributed by atoms with E-state index in [4.69, 9.17) is 0 Å². The quantitative estimate of drug-likeness (QED) is 0.797. The molecule has 0 spiro atoms. The monoisotopic (exact) mass is 189 g/mol. The summed E-state index contributed by atoms with van der Waals surface area (Å²) in [5.74, 6) is 0. The molecular formula is C11H15N3. The van der Waals surface area contributed by atoms with Crippen molar-refractivity contribution in [2.75, 3.05) is 6.54 Å². The normalized spacial score (nSPS) is 11.0. The first-order chi connectivity index (χ1) is 6.81. The minimum absolute atomic E-state index is 0.845. The number of hydrogen-bond donors (Lipinski definition) is 1. The van der Waals surface area contributed by atoms with Crippen LogP contribution in [0.25, 0.3) is 5.65 Å². The SMILES string of the molecule is CCNCc1cn2cccc(C)c2n1. The number of aromatic nitrogens is 2. The first-order valence-electron chi connectivity index (χ1n) is 4.95. The zero-order valence-electron chi connectivity index (χ0n) is 8.62. The molecule has 2 rings (SSSR count). The summed E-state index contributed by atoms with van der Waals surface area (Å²) in [6, 6.07) is 4.13. The van der Waals surface area contributed by atoms with Crippen molar-refractivity contribution in [1.82, 2.24) is 14.7 Å². The van der Waals surface area contributed by atoms with E-state index in [1.165, 1.54) is 5.56 Å². The third-order valence-electron chi connectivity index (χ3n) is 2.28. The van der Waals surface area contributed by atoms with E-state index in [-0.39, 0.29) is 0 Å². The Morgan fingerprint density at radius 3 is 3.07 bits per heavy atom. The van der Waals surface area contributed by atoms with Crippen LogP contribution in [0.2, 0.25) is 0 Å². The first-order valence-corrected chi connectivity index (χ1v) is 4.95. The summed E-state index contributed by atoms with van der Waals surface area (Å²) in [6.07, 6.45) is 4.11. The molecule has 0 aliphatic rings. The highest BCUT2D eigenvalue weighted by Crippen LogP contribution is 2.09. The second-order valence-electron chi connectivity index (χ2n) is 3.43. The van der Waals surface area contributed by atoms with E-state index in [1.54, 1.807) is 0 Å². The smallest absolute Gasteiger partial charge is 0.139 e. The van der Waals surface area contributed by atoms with Crippen LogP contribution in [0.3, 0.4) is 0 Å². The van der Waals surface area contributed by atoms with Gasteiger partial charge in [0.1, 0.15) is 5.65 Å². The second kappa shape index (κ2) is 3.80. The molecule has 2 aromatic heterocycles. The second-order valence-corrected chi connectivity index (χ2v) is 3.43. The standard InChI is InChI=1S/C11H15N3/c1-3-12-7-10-8-14-6-4-5-9(2)11(14)13-10/h4-6,8,12H,3,7H2,1-2H3. The molecule has 2 aromatic rings. The Morgan fingerprint density at radius 1 is 1.50 bits per heavy atom. The maximum Gasteiger partial charge on any atom is 0.139 e. The molecule has 0 radical (unpaired) electrons. The first kappa shape index (κ1) is 9.21. The van der Waals surface area contributed by atoms with Crippen molar-refractivity contribution in [3.8, 4) is 0 Å². The van der Waals surface area contributed by atoms with E-state index in [0.717, 1.165) is 24.4 Å². The number of rotatable bonds is 3. The molecule has 74 valence electrons. The lowest BCUT2D eigenvalue weighted by Gasteiger charge is -1.94. The Balaban J connectivity index is 2.36. The van der Waals surface area contributed by atoms with Gasteiger partial charge in [-0.1, -0.05) is 13.0 Å². The van der Waals surface area contributed by atoms with Crippen LogP contribution in [0.5, 0.6) is 0 Å². The molecule has 0 aromatic carbocycles. The fraction of sp³-hybridized carbons (Fsp3) is 0.364. The van der Waals surface area contributed by atoms with Crippen molar-refractivity contribution in [3.63, 3.8) is 0 Å². The van der Waals surface area contributed by atoms with Crippen molar-refractivity contribution >= 4 is 5.65 Å². The van der Waals surface area contributed by atoms with E-state index in [1.807, 2.05) is 12.3 Å². The molecule has 0 aliphatic heterocycles. The van der Waals surface area contributed by atoms with Gasteiger partial charge in [-0.25, -0.2) is 4.98 Å². The van der Waals surface area contributed by atoms with Gasteiger partial charge in [-0.05, 0) is 25.1 Å². The molecule has 1 N–H and O–H groups in total. The van der Waals surface area contributed by atoms with Gasteiger partial charge in [-0.3, -0.25) is 0 Å². The van der Waals surface area contributed by atoms with Crippen molar-refractivity contribution < 1.29 is 0 Å². The fourth-order valence-corrected chi connectivity index (χ4v) is 1.54. The molecule has 0 aliphatic carbocycles. The average Bonchev–Trinajstić information content (AvgIpc) is 2.59. The Labute approximate surface area is 83.8 Å². The summed E-state index contributed by atoms with van der Waals surface area (Å²) < 4.78 is 2.07. The maximum absolute atomic E-state index is 4.55. The van der Waals surface area contributed by atoms with Crippen LogP contribution in [0.1, 0.15) is 18.2 Å². The van der Waals surface area contributed by atoms with E-state index in [2.05, 4.69) is 40.8 Å². The molecule has 0 fully saturated rings. The van der Waals surface area contributed by atoms with Crippen LogP contribution < -0.4 is 5.32 Å². The van der Waals surface area contributed by atoms with Gasteiger partial charge >= 0.3 is 0 Å². The molecule has 0 bridgehead atoms. The average molecular weight is 189 g/mol. The van der Waals surface area contributed by atoms with Crippen LogP contribution in [-0.2, 0) is 6.54 Å². The zero-order valence-corrected chi connectivity index (χ0v) is 8.62.